The van der Waals surface area contributed by atoms with E-state index in [1.54, 1.807) is 37.0 Å². The van der Waals surface area contributed by atoms with Crippen LogP contribution in [0.5, 0.6) is 28.7 Å². The Hall–Kier alpha value is -4.58. The number of benzene rings is 2. The van der Waals surface area contributed by atoms with Gasteiger partial charge in [-0.2, -0.15) is 5.26 Å². The number of aryl methyl sites for hydroxylation is 2. The molecule has 204 valence electrons. The first kappa shape index (κ1) is 27.5. The van der Waals surface area contributed by atoms with Crippen LogP contribution in [0.4, 0.5) is 0 Å². The summed E-state index contributed by atoms with van der Waals surface area (Å²) < 4.78 is 29.8. The van der Waals surface area contributed by atoms with Crippen molar-refractivity contribution in [3.63, 3.8) is 0 Å². The molecule has 9 heteroatoms. The van der Waals surface area contributed by atoms with E-state index >= 15 is 0 Å². The first-order chi connectivity index (χ1) is 18.9. The summed E-state index contributed by atoms with van der Waals surface area (Å²) in [7, 11) is 3.17. The number of rotatable bonds is 10. The monoisotopic (exact) mass is 531 g/mol. The lowest BCUT2D eigenvalue weighted by atomic mass is 9.84. The van der Waals surface area contributed by atoms with Crippen LogP contribution >= 0.6 is 0 Å². The second kappa shape index (κ2) is 11.9. The zero-order valence-corrected chi connectivity index (χ0v) is 22.9. The van der Waals surface area contributed by atoms with Crippen molar-refractivity contribution in [3.05, 3.63) is 86.7 Å². The number of fused-ring (bicyclic) bond motifs is 1. The molecule has 39 heavy (non-hydrogen) atoms. The highest BCUT2D eigenvalue weighted by molar-refractivity contribution is 5.57. The zero-order chi connectivity index (χ0) is 28.1. The first-order valence-corrected chi connectivity index (χ1v) is 12.8. The van der Waals surface area contributed by atoms with Crippen LogP contribution < -0.4 is 35.0 Å². The predicted octanol–water partition coefficient (Wildman–Crippen LogP) is 4.43. The molecule has 1 atom stereocenters. The first-order valence-electron chi connectivity index (χ1n) is 12.8. The van der Waals surface area contributed by atoms with Gasteiger partial charge in [-0.1, -0.05) is 12.1 Å². The van der Waals surface area contributed by atoms with Crippen LogP contribution in [-0.4, -0.2) is 32.0 Å². The zero-order valence-electron chi connectivity index (χ0n) is 22.9. The molecule has 0 radical (unpaired) electrons. The molecule has 4 rings (SSSR count). The summed E-state index contributed by atoms with van der Waals surface area (Å²) in [5, 5.41) is 10.0. The van der Waals surface area contributed by atoms with E-state index in [4.69, 9.17) is 29.4 Å². The largest absolute Gasteiger partial charge is 0.493 e. The Morgan fingerprint density at radius 2 is 1.67 bits per heavy atom. The molecule has 2 aromatic carbocycles. The summed E-state index contributed by atoms with van der Waals surface area (Å²) in [6, 6.07) is 15.0. The predicted molar refractivity (Wildman–Crippen MR) is 147 cm³/mol. The number of nitriles is 1. The lowest BCUT2D eigenvalue weighted by Gasteiger charge is -2.28. The Bertz CT molecular complexity index is 1500. The highest BCUT2D eigenvalue weighted by Crippen LogP contribution is 2.43. The van der Waals surface area contributed by atoms with E-state index in [1.807, 2.05) is 45.0 Å². The van der Waals surface area contributed by atoms with Crippen molar-refractivity contribution in [2.75, 3.05) is 27.4 Å². The maximum Gasteiger partial charge on any atom is 0.258 e. The number of pyridine rings is 1. The SMILES string of the molecule is CCOc1ccc(C2C(C#N)=C(N)Oc3cc(C)n(CCc4ccc(OC)c(OC)c4)c(=O)c32)cc1OCC. The fraction of sp³-hybridized carbons (Fsp3) is 0.333. The van der Waals surface area contributed by atoms with Crippen LogP contribution in [0.15, 0.2) is 58.7 Å². The van der Waals surface area contributed by atoms with Crippen molar-refractivity contribution in [2.24, 2.45) is 5.73 Å². The Kier molecular flexibility index (Phi) is 8.35. The third kappa shape index (κ3) is 5.36. The number of hydrogen-bond acceptors (Lipinski definition) is 8. The highest BCUT2D eigenvalue weighted by Gasteiger charge is 2.35. The molecule has 2 heterocycles. The van der Waals surface area contributed by atoms with Gasteiger partial charge in [-0.05, 0) is 62.6 Å². The van der Waals surface area contributed by atoms with Gasteiger partial charge in [0.25, 0.3) is 5.56 Å². The van der Waals surface area contributed by atoms with E-state index in [-0.39, 0.29) is 17.0 Å². The van der Waals surface area contributed by atoms with Gasteiger partial charge in [0, 0.05) is 18.3 Å². The molecule has 0 fully saturated rings. The Morgan fingerprint density at radius 1 is 0.974 bits per heavy atom. The van der Waals surface area contributed by atoms with Crippen molar-refractivity contribution in [1.82, 2.24) is 4.57 Å². The van der Waals surface area contributed by atoms with Gasteiger partial charge < -0.3 is 34.0 Å². The molecule has 0 bridgehead atoms. The van der Waals surface area contributed by atoms with E-state index in [0.29, 0.717) is 71.7 Å². The fourth-order valence-electron chi connectivity index (χ4n) is 4.82. The maximum atomic E-state index is 14.0. The molecule has 3 aromatic rings. The molecule has 0 aliphatic carbocycles. The van der Waals surface area contributed by atoms with E-state index in [2.05, 4.69) is 6.07 Å². The quantitative estimate of drug-likeness (QED) is 0.408. The Balaban J connectivity index is 1.79. The van der Waals surface area contributed by atoms with Crippen molar-refractivity contribution < 1.29 is 23.7 Å². The summed E-state index contributed by atoms with van der Waals surface area (Å²) in [5.41, 5.74) is 8.83. The Labute approximate surface area is 227 Å². The van der Waals surface area contributed by atoms with Gasteiger partial charge >= 0.3 is 0 Å². The summed E-state index contributed by atoms with van der Waals surface area (Å²) in [6.07, 6.45) is 0.575. The highest BCUT2D eigenvalue weighted by atomic mass is 16.5. The third-order valence-electron chi connectivity index (χ3n) is 6.66. The molecule has 1 unspecified atom stereocenters. The average Bonchev–Trinajstić information content (AvgIpc) is 2.93. The number of aromatic nitrogens is 1. The number of hydrogen-bond donors (Lipinski definition) is 1. The second-order valence-corrected chi connectivity index (χ2v) is 8.96. The summed E-state index contributed by atoms with van der Waals surface area (Å²) >= 11 is 0. The molecular formula is C30H33N3O6. The molecule has 9 nitrogen and oxygen atoms in total. The molecule has 1 aromatic heterocycles. The van der Waals surface area contributed by atoms with E-state index in [0.717, 1.165) is 5.56 Å². The minimum Gasteiger partial charge on any atom is -0.493 e. The lowest BCUT2D eigenvalue weighted by molar-refractivity contribution is 0.287. The number of ether oxygens (including phenoxy) is 5. The number of nitrogens with two attached hydrogens (primary N) is 1. The summed E-state index contributed by atoms with van der Waals surface area (Å²) in [6.45, 7) is 6.93. The van der Waals surface area contributed by atoms with Gasteiger partial charge in [-0.3, -0.25) is 4.79 Å². The fourth-order valence-corrected chi connectivity index (χ4v) is 4.82. The second-order valence-electron chi connectivity index (χ2n) is 8.96. The van der Waals surface area contributed by atoms with Gasteiger partial charge in [-0.25, -0.2) is 0 Å². The number of methoxy groups -OCH3 is 2. The molecule has 1 aliphatic rings. The number of nitrogens with zero attached hydrogens (tertiary/aromatic N) is 2. The van der Waals surface area contributed by atoms with Crippen molar-refractivity contribution in [2.45, 2.75) is 39.7 Å². The van der Waals surface area contributed by atoms with Crippen molar-refractivity contribution in [3.8, 4) is 34.8 Å². The van der Waals surface area contributed by atoms with E-state index in [1.165, 1.54) is 0 Å². The summed E-state index contributed by atoms with van der Waals surface area (Å²) in [4.78, 5) is 14.0. The minimum absolute atomic E-state index is 0.0243. The van der Waals surface area contributed by atoms with Crippen LogP contribution in [0.1, 0.15) is 42.1 Å². The Morgan fingerprint density at radius 3 is 2.33 bits per heavy atom. The minimum atomic E-state index is -0.728. The van der Waals surface area contributed by atoms with Gasteiger partial charge in [0.15, 0.2) is 23.0 Å². The number of allylic oxidation sites excluding steroid dienone is 1. The van der Waals surface area contributed by atoms with Crippen LogP contribution in [-0.2, 0) is 13.0 Å². The van der Waals surface area contributed by atoms with Crippen LogP contribution in [0.3, 0.4) is 0 Å². The maximum absolute atomic E-state index is 14.0. The smallest absolute Gasteiger partial charge is 0.258 e. The van der Waals surface area contributed by atoms with E-state index < -0.39 is 5.92 Å². The van der Waals surface area contributed by atoms with Crippen molar-refractivity contribution >= 4 is 0 Å². The van der Waals surface area contributed by atoms with Crippen molar-refractivity contribution in [1.29, 1.82) is 5.26 Å². The normalized spacial score (nSPS) is 14.2. The summed E-state index contributed by atoms with van der Waals surface area (Å²) in [5.74, 6) is 1.96. The van der Waals surface area contributed by atoms with Gasteiger partial charge in [-0.15, -0.1) is 0 Å². The molecule has 0 saturated carbocycles. The molecule has 1 aliphatic heterocycles. The standard InChI is InChI=1S/C30H33N3O6/c1-6-37-23-11-9-20(16-25(23)38-7-2)27-21(17-31)29(32)39-26-14-18(3)33(30(34)28(26)27)13-12-19-8-10-22(35-4)24(15-19)36-5/h8-11,14-16,27H,6-7,12-13,32H2,1-5H3. The molecule has 0 saturated heterocycles. The molecular weight excluding hydrogens is 498 g/mol. The van der Waals surface area contributed by atoms with E-state index in [9.17, 15) is 10.1 Å². The molecule has 0 amide bonds. The molecule has 0 spiro atoms. The lowest BCUT2D eigenvalue weighted by Crippen LogP contribution is -2.33. The average molecular weight is 532 g/mol. The third-order valence-corrected chi connectivity index (χ3v) is 6.66. The molecule has 2 N–H and O–H groups in total. The topological polar surface area (TPSA) is 118 Å². The van der Waals surface area contributed by atoms with Gasteiger partial charge in [0.05, 0.1) is 38.9 Å². The van der Waals surface area contributed by atoms with Gasteiger partial charge in [0.2, 0.25) is 5.88 Å². The van der Waals surface area contributed by atoms with Gasteiger partial charge in [0.1, 0.15) is 17.4 Å². The van der Waals surface area contributed by atoms with Crippen LogP contribution in [0.2, 0.25) is 0 Å². The van der Waals surface area contributed by atoms with Crippen LogP contribution in [0, 0.1) is 18.3 Å². The van der Waals surface area contributed by atoms with Crippen LogP contribution in [0.25, 0.3) is 0 Å².